The van der Waals surface area contributed by atoms with Gasteiger partial charge in [0.15, 0.2) is 5.43 Å². The zero-order valence-electron chi connectivity index (χ0n) is 15.0. The van der Waals surface area contributed by atoms with Gasteiger partial charge in [-0.3, -0.25) is 4.79 Å². The fourth-order valence-electron chi connectivity index (χ4n) is 3.38. The molecule has 2 N–H and O–H groups in total. The normalized spacial score (nSPS) is 20.4. The molecule has 134 valence electrons. The maximum atomic E-state index is 12.5. The topological polar surface area (TPSA) is 73.8 Å². The fraction of sp³-hybridized carbons (Fsp3) is 0.421. The van der Waals surface area contributed by atoms with Crippen molar-refractivity contribution in [1.29, 1.82) is 4.78 Å². The molecule has 1 aliphatic rings. The summed E-state index contributed by atoms with van der Waals surface area (Å²) in [4.78, 5) is 15.9. The second-order valence-corrected chi connectivity index (χ2v) is 10.3. The standard InChI is InChI=1S/C19H23ClN2O2S/c1-11-8-13(19(2,3)4)14(20)9-12(11)16-10-17(23)18-15(22-16)6-5-7-25(18,21)24/h8-10,21H,5-7H2,1-4H3,(H,22,23)/t25-/m1/s1. The summed E-state index contributed by atoms with van der Waals surface area (Å²) in [5.74, 6) is 0.258. The van der Waals surface area contributed by atoms with Gasteiger partial charge in [0, 0.05) is 33.8 Å². The molecule has 6 heteroatoms. The summed E-state index contributed by atoms with van der Waals surface area (Å²) < 4.78 is 20.4. The molecule has 0 spiro atoms. The summed E-state index contributed by atoms with van der Waals surface area (Å²) in [6.45, 7) is 8.32. The lowest BCUT2D eigenvalue weighted by atomic mass is 9.85. The summed E-state index contributed by atoms with van der Waals surface area (Å²) in [6, 6.07) is 5.40. The lowest BCUT2D eigenvalue weighted by Gasteiger charge is -2.23. The van der Waals surface area contributed by atoms with Crippen LogP contribution < -0.4 is 5.43 Å². The van der Waals surface area contributed by atoms with Crippen LogP contribution in [0, 0.1) is 11.7 Å². The predicted octanol–water partition coefficient (Wildman–Crippen LogP) is 4.65. The molecule has 3 rings (SSSR count). The van der Waals surface area contributed by atoms with Gasteiger partial charge in [0.1, 0.15) is 4.90 Å². The Kier molecular flexibility index (Phi) is 4.36. The van der Waals surface area contributed by atoms with Gasteiger partial charge in [0.2, 0.25) is 0 Å². The van der Waals surface area contributed by atoms with Crippen LogP contribution >= 0.6 is 11.6 Å². The molecule has 0 aliphatic carbocycles. The second-order valence-electron chi connectivity index (χ2n) is 7.73. The molecular formula is C19H23ClN2O2S. The average molecular weight is 379 g/mol. The number of rotatable bonds is 1. The maximum absolute atomic E-state index is 12.5. The van der Waals surface area contributed by atoms with Crippen LogP contribution in [0.5, 0.6) is 0 Å². The van der Waals surface area contributed by atoms with Crippen LogP contribution in [0.1, 0.15) is 44.0 Å². The molecule has 4 nitrogen and oxygen atoms in total. The third-order valence-corrected chi connectivity index (χ3v) is 6.94. The van der Waals surface area contributed by atoms with Crippen molar-refractivity contribution in [3.8, 4) is 11.3 Å². The first-order chi connectivity index (χ1) is 11.5. The molecule has 0 saturated carbocycles. The number of pyridine rings is 1. The van der Waals surface area contributed by atoms with E-state index in [2.05, 4.69) is 31.8 Å². The number of hydrogen-bond acceptors (Lipinski definition) is 3. The highest BCUT2D eigenvalue weighted by atomic mass is 35.5. The zero-order chi connectivity index (χ0) is 18.6. The van der Waals surface area contributed by atoms with Gasteiger partial charge in [0.25, 0.3) is 0 Å². The van der Waals surface area contributed by atoms with Crippen molar-refractivity contribution in [3.05, 3.63) is 50.3 Å². The van der Waals surface area contributed by atoms with E-state index in [1.807, 2.05) is 13.0 Å². The minimum Gasteiger partial charge on any atom is -0.357 e. The number of nitrogens with one attached hydrogen (secondary N) is 2. The van der Waals surface area contributed by atoms with Crippen LogP contribution in [0.15, 0.2) is 27.9 Å². The van der Waals surface area contributed by atoms with E-state index < -0.39 is 9.73 Å². The SMILES string of the molecule is Cc1cc(C(C)(C)C)c(Cl)cc1-c1cc(=O)c2c([nH]1)CCC[S@@]2(=N)=O. The highest BCUT2D eigenvalue weighted by Gasteiger charge is 2.25. The van der Waals surface area contributed by atoms with Gasteiger partial charge < -0.3 is 4.98 Å². The van der Waals surface area contributed by atoms with Crippen LogP contribution in [0.4, 0.5) is 0 Å². The predicted molar refractivity (Wildman–Crippen MR) is 103 cm³/mol. The summed E-state index contributed by atoms with van der Waals surface area (Å²) in [7, 11) is -2.99. The molecular weight excluding hydrogens is 356 g/mol. The Labute approximate surface area is 153 Å². The maximum Gasteiger partial charge on any atom is 0.199 e. The Morgan fingerprint density at radius 3 is 2.56 bits per heavy atom. The number of benzene rings is 1. The Hall–Kier alpha value is -1.59. The molecule has 0 amide bonds. The van der Waals surface area contributed by atoms with Crippen molar-refractivity contribution >= 4 is 21.3 Å². The molecule has 1 aromatic carbocycles. The lowest BCUT2D eigenvalue weighted by Crippen LogP contribution is -2.25. The Morgan fingerprint density at radius 2 is 1.92 bits per heavy atom. The van der Waals surface area contributed by atoms with Gasteiger partial charge in [-0.2, -0.15) is 0 Å². The van der Waals surface area contributed by atoms with Crippen molar-refractivity contribution in [2.24, 2.45) is 0 Å². The number of hydrogen-bond donors (Lipinski definition) is 2. The molecule has 1 aliphatic heterocycles. The molecule has 1 atom stereocenters. The summed E-state index contributed by atoms with van der Waals surface area (Å²) in [6.07, 6.45) is 1.29. The van der Waals surface area contributed by atoms with Crippen molar-refractivity contribution < 1.29 is 4.21 Å². The van der Waals surface area contributed by atoms with Gasteiger partial charge in [-0.15, -0.1) is 0 Å². The summed E-state index contributed by atoms with van der Waals surface area (Å²) in [5.41, 5.74) is 3.85. The second kappa shape index (κ2) is 5.99. The number of halogens is 1. The van der Waals surface area contributed by atoms with Crippen LogP contribution in [0.25, 0.3) is 11.3 Å². The van der Waals surface area contributed by atoms with E-state index >= 15 is 0 Å². The zero-order valence-corrected chi connectivity index (χ0v) is 16.5. The lowest BCUT2D eigenvalue weighted by molar-refractivity contribution is 0.590. The number of aryl methyl sites for hydroxylation is 2. The van der Waals surface area contributed by atoms with Crippen LogP contribution in [0.2, 0.25) is 5.02 Å². The smallest absolute Gasteiger partial charge is 0.199 e. The Balaban J connectivity index is 2.21. The Bertz CT molecular complexity index is 1010. The van der Waals surface area contributed by atoms with Crippen molar-refractivity contribution in [2.45, 2.75) is 50.8 Å². The molecule has 0 unspecified atom stereocenters. The van der Waals surface area contributed by atoms with Crippen molar-refractivity contribution in [1.82, 2.24) is 4.98 Å². The number of fused-ring (bicyclic) bond motifs is 1. The van der Waals surface area contributed by atoms with Gasteiger partial charge in [0.05, 0.1) is 9.73 Å². The van der Waals surface area contributed by atoms with E-state index in [4.69, 9.17) is 16.4 Å². The van der Waals surface area contributed by atoms with Crippen molar-refractivity contribution in [3.63, 3.8) is 0 Å². The first-order valence-electron chi connectivity index (χ1n) is 8.34. The molecule has 2 heterocycles. The highest BCUT2D eigenvalue weighted by molar-refractivity contribution is 7.92. The molecule has 0 radical (unpaired) electrons. The molecule has 25 heavy (non-hydrogen) atoms. The average Bonchev–Trinajstić information content (AvgIpc) is 2.46. The fourth-order valence-corrected chi connectivity index (χ4v) is 5.52. The van der Waals surface area contributed by atoms with E-state index in [9.17, 15) is 9.00 Å². The van der Waals surface area contributed by atoms with E-state index in [1.54, 1.807) is 0 Å². The van der Waals surface area contributed by atoms with Gasteiger partial charge in [-0.05, 0) is 42.4 Å². The first kappa shape index (κ1) is 18.2. The van der Waals surface area contributed by atoms with Crippen LogP contribution in [-0.4, -0.2) is 14.9 Å². The third-order valence-electron chi connectivity index (χ3n) is 4.66. The third kappa shape index (κ3) is 3.27. The number of aromatic amines is 1. The largest absolute Gasteiger partial charge is 0.357 e. The number of H-pyrrole nitrogens is 1. The highest BCUT2D eigenvalue weighted by Crippen LogP contribution is 2.35. The van der Waals surface area contributed by atoms with Gasteiger partial charge in [-0.1, -0.05) is 38.4 Å². The molecule has 0 fully saturated rings. The van der Waals surface area contributed by atoms with E-state index in [0.717, 1.165) is 16.7 Å². The minimum atomic E-state index is -2.99. The van der Waals surface area contributed by atoms with Gasteiger partial charge in [-0.25, -0.2) is 8.99 Å². The van der Waals surface area contributed by atoms with Gasteiger partial charge >= 0.3 is 0 Å². The molecule has 0 saturated heterocycles. The quantitative estimate of drug-likeness (QED) is 0.757. The Morgan fingerprint density at radius 1 is 1.24 bits per heavy atom. The molecule has 2 aromatic rings. The number of aromatic nitrogens is 1. The summed E-state index contributed by atoms with van der Waals surface area (Å²) in [5, 5.41) is 0.663. The van der Waals surface area contributed by atoms with Crippen molar-refractivity contribution in [2.75, 3.05) is 5.75 Å². The molecule has 1 aromatic heterocycles. The molecule has 0 bridgehead atoms. The van der Waals surface area contributed by atoms with Crippen LogP contribution in [0.3, 0.4) is 0 Å². The first-order valence-corrected chi connectivity index (χ1v) is 10.4. The minimum absolute atomic E-state index is 0.0691. The van der Waals surface area contributed by atoms with E-state index in [0.29, 0.717) is 29.3 Å². The monoisotopic (exact) mass is 378 g/mol. The van der Waals surface area contributed by atoms with Crippen LogP contribution in [-0.2, 0) is 21.6 Å². The van der Waals surface area contributed by atoms with E-state index in [1.165, 1.54) is 6.07 Å². The van der Waals surface area contributed by atoms with E-state index in [-0.39, 0.29) is 21.5 Å². The summed E-state index contributed by atoms with van der Waals surface area (Å²) >= 11 is 6.50.